The molecule has 0 atom stereocenters. The molecule has 6 heteroatoms. The van der Waals surface area contributed by atoms with Gasteiger partial charge in [0, 0.05) is 0 Å². The van der Waals surface area contributed by atoms with Crippen molar-refractivity contribution in [3.8, 4) is 0 Å². The van der Waals surface area contributed by atoms with Crippen LogP contribution in [-0.4, -0.2) is 57.5 Å². The van der Waals surface area contributed by atoms with Crippen molar-refractivity contribution < 1.29 is 0 Å². The SMILES string of the molecule is SCCCCCSCCCCSCCCCSCCCCSCCCCS. The number of thiol groups is 2. The molecule has 0 aliphatic heterocycles. The van der Waals surface area contributed by atoms with Crippen LogP contribution < -0.4 is 0 Å². The van der Waals surface area contributed by atoms with Crippen molar-refractivity contribution in [3.05, 3.63) is 0 Å². The van der Waals surface area contributed by atoms with Gasteiger partial charge in [-0.05, 0) is 122 Å². The monoisotopic (exact) mass is 488 g/mol. The highest BCUT2D eigenvalue weighted by Gasteiger charge is 1.96. The highest BCUT2D eigenvalue weighted by Crippen LogP contribution is 2.15. The van der Waals surface area contributed by atoms with Gasteiger partial charge in [-0.15, -0.1) is 0 Å². The first-order valence-corrected chi connectivity index (χ1v) is 16.8. The van der Waals surface area contributed by atoms with Gasteiger partial charge in [-0.25, -0.2) is 0 Å². The second-order valence-electron chi connectivity index (χ2n) is 6.79. The molecule has 27 heavy (non-hydrogen) atoms. The molecule has 0 unspecified atom stereocenters. The molecular formula is C21H44S6. The van der Waals surface area contributed by atoms with Crippen molar-refractivity contribution in [2.75, 3.05) is 57.5 Å². The number of rotatable bonds is 24. The molecule has 0 aromatic heterocycles. The molecule has 0 N–H and O–H groups in total. The minimum absolute atomic E-state index is 1.05. The molecule has 0 saturated heterocycles. The zero-order valence-corrected chi connectivity index (χ0v) is 22.4. The maximum Gasteiger partial charge on any atom is -0.00672 e. The van der Waals surface area contributed by atoms with Crippen LogP contribution in [0.25, 0.3) is 0 Å². The first-order valence-electron chi connectivity index (χ1n) is 10.9. The fourth-order valence-electron chi connectivity index (χ4n) is 2.44. The van der Waals surface area contributed by atoms with Gasteiger partial charge in [0.1, 0.15) is 0 Å². The lowest BCUT2D eigenvalue weighted by Crippen LogP contribution is -1.91. The second-order valence-corrected chi connectivity index (χ2v) is 12.6. The standard InChI is InChI=1S/C21H44S6/c22-12-2-1-4-14-24-16-6-8-18-26-20-10-11-21-27-19-9-7-17-25-15-5-3-13-23/h22-23H,1-21H2. The van der Waals surface area contributed by atoms with E-state index in [-0.39, 0.29) is 0 Å². The van der Waals surface area contributed by atoms with Crippen LogP contribution in [-0.2, 0) is 0 Å². The third kappa shape index (κ3) is 28.1. The minimum atomic E-state index is 1.05. The summed E-state index contributed by atoms with van der Waals surface area (Å²) < 4.78 is 0. The molecule has 0 aromatic rings. The quantitative estimate of drug-likeness (QED) is 0.104. The summed E-state index contributed by atoms with van der Waals surface area (Å²) in [4.78, 5) is 0. The normalized spacial score (nSPS) is 11.3. The van der Waals surface area contributed by atoms with E-state index in [4.69, 9.17) is 0 Å². The predicted octanol–water partition coefficient (Wildman–Crippen LogP) is 8.07. The highest BCUT2D eigenvalue weighted by atomic mass is 32.2. The minimum Gasteiger partial charge on any atom is -0.179 e. The van der Waals surface area contributed by atoms with Crippen molar-refractivity contribution in [2.24, 2.45) is 0 Å². The predicted molar refractivity (Wildman–Crippen MR) is 148 cm³/mol. The smallest absolute Gasteiger partial charge is 0.00672 e. The molecule has 0 nitrogen and oxygen atoms in total. The first kappa shape index (κ1) is 29.1. The van der Waals surface area contributed by atoms with E-state index in [9.17, 15) is 0 Å². The Morgan fingerprint density at radius 2 is 0.519 bits per heavy atom. The van der Waals surface area contributed by atoms with Gasteiger partial charge in [0.25, 0.3) is 0 Å². The van der Waals surface area contributed by atoms with Crippen LogP contribution >= 0.6 is 72.3 Å². The Kier molecular flexibility index (Phi) is 30.3. The fraction of sp³-hybridized carbons (Fsp3) is 1.00. The Labute approximate surface area is 199 Å². The van der Waals surface area contributed by atoms with Gasteiger partial charge in [0.15, 0.2) is 0 Å². The Morgan fingerprint density at radius 3 is 0.815 bits per heavy atom. The Hall–Kier alpha value is 2.10. The summed E-state index contributed by atoms with van der Waals surface area (Å²) in [5.41, 5.74) is 0. The zero-order chi connectivity index (χ0) is 19.7. The Bertz CT molecular complexity index is 229. The van der Waals surface area contributed by atoms with Crippen molar-refractivity contribution in [3.63, 3.8) is 0 Å². The number of hydrogen-bond acceptors (Lipinski definition) is 6. The van der Waals surface area contributed by atoms with Gasteiger partial charge in [-0.2, -0.15) is 72.3 Å². The lowest BCUT2D eigenvalue weighted by molar-refractivity contribution is 0.786. The van der Waals surface area contributed by atoms with Gasteiger partial charge in [0.05, 0.1) is 0 Å². The van der Waals surface area contributed by atoms with Crippen LogP contribution in [0.15, 0.2) is 0 Å². The molecule has 0 heterocycles. The fourth-order valence-corrected chi connectivity index (χ4v) is 6.97. The van der Waals surface area contributed by atoms with Crippen LogP contribution in [0.4, 0.5) is 0 Å². The molecule has 0 bridgehead atoms. The number of hydrogen-bond donors (Lipinski definition) is 2. The van der Waals surface area contributed by atoms with Crippen molar-refractivity contribution >= 4 is 72.3 Å². The molecular weight excluding hydrogens is 445 g/mol. The first-order chi connectivity index (χ1) is 13.4. The molecule has 0 spiro atoms. The highest BCUT2D eigenvalue weighted by molar-refractivity contribution is 8.00. The van der Waals surface area contributed by atoms with E-state index >= 15 is 0 Å². The molecule has 0 aromatic carbocycles. The van der Waals surface area contributed by atoms with Crippen molar-refractivity contribution in [2.45, 2.75) is 70.6 Å². The van der Waals surface area contributed by atoms with Crippen LogP contribution in [0.2, 0.25) is 0 Å². The zero-order valence-electron chi connectivity index (χ0n) is 17.4. The average molecular weight is 489 g/mol. The van der Waals surface area contributed by atoms with Crippen LogP contribution in [0.5, 0.6) is 0 Å². The van der Waals surface area contributed by atoms with Crippen LogP contribution in [0, 0.1) is 0 Å². The molecule has 164 valence electrons. The number of unbranched alkanes of at least 4 members (excludes halogenated alkanes) is 6. The van der Waals surface area contributed by atoms with E-state index in [1.807, 2.05) is 0 Å². The summed E-state index contributed by atoms with van der Waals surface area (Å²) in [5, 5.41) is 0. The van der Waals surface area contributed by atoms with E-state index in [0.717, 1.165) is 11.5 Å². The summed E-state index contributed by atoms with van der Waals surface area (Å²) in [6.45, 7) is 0. The van der Waals surface area contributed by atoms with E-state index in [2.05, 4.69) is 72.3 Å². The topological polar surface area (TPSA) is 0 Å². The van der Waals surface area contributed by atoms with Gasteiger partial charge >= 0.3 is 0 Å². The summed E-state index contributed by atoms with van der Waals surface area (Å²) in [6.07, 6.45) is 15.1. The molecule has 0 aliphatic carbocycles. The molecule has 0 saturated carbocycles. The van der Waals surface area contributed by atoms with E-state index in [1.54, 1.807) is 0 Å². The lowest BCUT2D eigenvalue weighted by Gasteiger charge is -2.04. The molecule has 0 rings (SSSR count). The summed E-state index contributed by atoms with van der Waals surface area (Å²) in [7, 11) is 0. The van der Waals surface area contributed by atoms with E-state index < -0.39 is 0 Å². The van der Waals surface area contributed by atoms with Gasteiger partial charge in [-0.3, -0.25) is 0 Å². The molecule has 0 fully saturated rings. The Balaban J connectivity index is 2.95. The van der Waals surface area contributed by atoms with Crippen LogP contribution in [0.3, 0.4) is 0 Å². The van der Waals surface area contributed by atoms with Gasteiger partial charge in [-0.1, -0.05) is 6.42 Å². The Morgan fingerprint density at radius 1 is 0.296 bits per heavy atom. The summed E-state index contributed by atoms with van der Waals surface area (Å²) >= 11 is 17.1. The third-order valence-corrected chi connectivity index (χ3v) is 9.38. The molecule has 0 radical (unpaired) electrons. The second kappa shape index (κ2) is 28.1. The summed E-state index contributed by atoms with van der Waals surface area (Å²) in [6, 6.07) is 0. The van der Waals surface area contributed by atoms with Crippen LogP contribution in [0.1, 0.15) is 70.6 Å². The maximum atomic E-state index is 4.26. The van der Waals surface area contributed by atoms with Crippen molar-refractivity contribution in [1.29, 1.82) is 0 Å². The molecule has 0 aliphatic rings. The lowest BCUT2D eigenvalue weighted by atomic mass is 10.3. The van der Waals surface area contributed by atoms with E-state index in [0.29, 0.717) is 0 Å². The summed E-state index contributed by atoms with van der Waals surface area (Å²) in [5.74, 6) is 13.0. The largest absolute Gasteiger partial charge is 0.179 e. The third-order valence-electron chi connectivity index (χ3n) is 4.13. The number of thioether (sulfide) groups is 4. The average Bonchev–Trinajstić information content (AvgIpc) is 2.68. The molecule has 0 amide bonds. The van der Waals surface area contributed by atoms with Gasteiger partial charge < -0.3 is 0 Å². The van der Waals surface area contributed by atoms with Crippen molar-refractivity contribution in [1.82, 2.24) is 0 Å². The van der Waals surface area contributed by atoms with Gasteiger partial charge in [0.2, 0.25) is 0 Å². The van der Waals surface area contributed by atoms with E-state index in [1.165, 1.54) is 117 Å². The maximum absolute atomic E-state index is 4.26.